The Labute approximate surface area is 135 Å². The lowest BCUT2D eigenvalue weighted by Gasteiger charge is -2.33. The number of carbonyl (C=O) groups is 1. The Morgan fingerprint density at radius 3 is 2.65 bits per heavy atom. The van der Waals surface area contributed by atoms with Crippen molar-refractivity contribution in [3.8, 4) is 5.88 Å². The number of aromatic nitrogens is 2. The van der Waals surface area contributed by atoms with Crippen LogP contribution in [0.5, 0.6) is 5.88 Å². The SMILES string of the molecule is COc1ccnc(N2C[C@H](O)[C@@H](N3CCCCC3)C2)n1.O=CO. The number of aliphatic hydroxyl groups is 1. The highest BCUT2D eigenvalue weighted by Gasteiger charge is 2.36. The van der Waals surface area contributed by atoms with Gasteiger partial charge in [-0.1, -0.05) is 6.42 Å². The minimum atomic E-state index is -0.331. The van der Waals surface area contributed by atoms with Gasteiger partial charge in [0, 0.05) is 25.4 Å². The van der Waals surface area contributed by atoms with Crippen molar-refractivity contribution in [2.45, 2.75) is 31.4 Å². The quantitative estimate of drug-likeness (QED) is 0.762. The van der Waals surface area contributed by atoms with E-state index in [1.165, 1.54) is 19.3 Å². The molecule has 8 nitrogen and oxygen atoms in total. The van der Waals surface area contributed by atoms with Crippen LogP contribution in [-0.2, 0) is 4.79 Å². The van der Waals surface area contributed by atoms with E-state index in [0.29, 0.717) is 18.4 Å². The van der Waals surface area contributed by atoms with Crippen molar-refractivity contribution in [1.82, 2.24) is 14.9 Å². The van der Waals surface area contributed by atoms with Gasteiger partial charge < -0.3 is 19.8 Å². The van der Waals surface area contributed by atoms with E-state index < -0.39 is 0 Å². The second-order valence-corrected chi connectivity index (χ2v) is 5.64. The van der Waals surface area contributed by atoms with Crippen molar-refractivity contribution in [3.05, 3.63) is 12.3 Å². The summed E-state index contributed by atoms with van der Waals surface area (Å²) in [6, 6.07) is 1.93. The zero-order valence-corrected chi connectivity index (χ0v) is 13.3. The first-order chi connectivity index (χ1) is 11.2. The fraction of sp³-hybridized carbons (Fsp3) is 0.667. The molecule has 3 rings (SSSR count). The van der Waals surface area contributed by atoms with Crippen LogP contribution >= 0.6 is 0 Å². The number of aliphatic hydroxyl groups excluding tert-OH is 1. The summed E-state index contributed by atoms with van der Waals surface area (Å²) in [4.78, 5) is 21.5. The normalized spacial score (nSPS) is 24.7. The number of ether oxygens (including phenoxy) is 1. The van der Waals surface area contributed by atoms with Crippen molar-refractivity contribution in [2.75, 3.05) is 38.2 Å². The van der Waals surface area contributed by atoms with Gasteiger partial charge in [0.05, 0.1) is 19.3 Å². The Hall–Kier alpha value is -1.93. The molecule has 8 heteroatoms. The van der Waals surface area contributed by atoms with E-state index in [4.69, 9.17) is 14.6 Å². The summed E-state index contributed by atoms with van der Waals surface area (Å²) < 4.78 is 5.13. The summed E-state index contributed by atoms with van der Waals surface area (Å²) in [6.45, 7) is 3.31. The van der Waals surface area contributed by atoms with Gasteiger partial charge in [0.2, 0.25) is 11.8 Å². The van der Waals surface area contributed by atoms with E-state index in [2.05, 4.69) is 14.9 Å². The first-order valence-electron chi connectivity index (χ1n) is 7.81. The maximum atomic E-state index is 10.3. The number of β-amino-alcohol motifs (C(OH)–C–C–N with tert-alkyl or cyclic N) is 1. The van der Waals surface area contributed by atoms with Crippen LogP contribution in [0.2, 0.25) is 0 Å². The smallest absolute Gasteiger partial charge is 0.290 e. The van der Waals surface area contributed by atoms with Gasteiger partial charge in [0.1, 0.15) is 0 Å². The lowest BCUT2D eigenvalue weighted by molar-refractivity contribution is -0.122. The van der Waals surface area contributed by atoms with Gasteiger partial charge in [-0.15, -0.1) is 0 Å². The van der Waals surface area contributed by atoms with Crippen LogP contribution in [0.1, 0.15) is 19.3 Å². The average molecular weight is 324 g/mol. The van der Waals surface area contributed by atoms with E-state index in [1.54, 1.807) is 19.4 Å². The molecule has 0 unspecified atom stereocenters. The first kappa shape index (κ1) is 17.4. The maximum absolute atomic E-state index is 10.3. The Bertz CT molecular complexity index is 496. The summed E-state index contributed by atoms with van der Waals surface area (Å²) in [5.74, 6) is 1.20. The topological polar surface area (TPSA) is 99.0 Å². The molecule has 0 saturated carbocycles. The monoisotopic (exact) mass is 324 g/mol. The molecule has 1 aromatic rings. The van der Waals surface area contributed by atoms with E-state index >= 15 is 0 Å². The Balaban J connectivity index is 0.000000595. The third kappa shape index (κ3) is 4.52. The number of rotatable bonds is 3. The number of anilines is 1. The van der Waals surface area contributed by atoms with Crippen LogP contribution in [0.3, 0.4) is 0 Å². The second kappa shape index (κ2) is 8.64. The van der Waals surface area contributed by atoms with E-state index in [-0.39, 0.29) is 18.6 Å². The molecule has 3 heterocycles. The van der Waals surface area contributed by atoms with Gasteiger partial charge >= 0.3 is 0 Å². The molecule has 0 radical (unpaired) electrons. The van der Waals surface area contributed by atoms with Crippen molar-refractivity contribution >= 4 is 12.4 Å². The molecule has 23 heavy (non-hydrogen) atoms. The number of carboxylic acid groups (broad SMARTS) is 1. The lowest BCUT2D eigenvalue weighted by Crippen LogP contribution is -2.45. The van der Waals surface area contributed by atoms with Crippen molar-refractivity contribution in [3.63, 3.8) is 0 Å². The largest absolute Gasteiger partial charge is 0.483 e. The van der Waals surface area contributed by atoms with Gasteiger partial charge in [-0.25, -0.2) is 4.98 Å². The molecule has 128 valence electrons. The summed E-state index contributed by atoms with van der Waals surface area (Å²) in [5.41, 5.74) is 0. The van der Waals surface area contributed by atoms with E-state index in [9.17, 15) is 5.11 Å². The minimum Gasteiger partial charge on any atom is -0.483 e. The first-order valence-corrected chi connectivity index (χ1v) is 7.81. The molecule has 1 aromatic heterocycles. The molecule has 2 aliphatic rings. The Morgan fingerprint density at radius 1 is 1.30 bits per heavy atom. The van der Waals surface area contributed by atoms with Crippen LogP contribution in [0.4, 0.5) is 5.95 Å². The summed E-state index contributed by atoms with van der Waals surface area (Å²) in [5, 5.41) is 17.2. The van der Waals surface area contributed by atoms with Crippen LogP contribution in [0.15, 0.2) is 12.3 Å². The average Bonchev–Trinajstić information content (AvgIpc) is 2.98. The molecular formula is C15H24N4O4. The number of hydrogen-bond acceptors (Lipinski definition) is 7. The lowest BCUT2D eigenvalue weighted by atomic mass is 10.1. The summed E-state index contributed by atoms with van der Waals surface area (Å²) >= 11 is 0. The number of likely N-dealkylation sites (tertiary alicyclic amines) is 1. The number of methoxy groups -OCH3 is 1. The predicted octanol–water partition coefficient (Wildman–Crippen LogP) is 0.221. The van der Waals surface area contributed by atoms with Gasteiger partial charge in [-0.05, 0) is 25.9 Å². The molecule has 2 aliphatic heterocycles. The van der Waals surface area contributed by atoms with Crippen LogP contribution in [0.25, 0.3) is 0 Å². The molecule has 0 aromatic carbocycles. The molecule has 2 saturated heterocycles. The number of hydrogen-bond donors (Lipinski definition) is 2. The van der Waals surface area contributed by atoms with Gasteiger partial charge in [0.15, 0.2) is 0 Å². The molecule has 0 amide bonds. The number of piperidine rings is 1. The zero-order valence-electron chi connectivity index (χ0n) is 13.3. The highest BCUT2D eigenvalue weighted by Crippen LogP contribution is 2.24. The van der Waals surface area contributed by atoms with Crippen LogP contribution in [-0.4, -0.2) is 77.0 Å². The maximum Gasteiger partial charge on any atom is 0.290 e. The molecule has 0 aliphatic carbocycles. The highest BCUT2D eigenvalue weighted by atomic mass is 16.5. The highest BCUT2D eigenvalue weighted by molar-refractivity contribution is 5.35. The summed E-state index contributed by atoms with van der Waals surface area (Å²) in [6.07, 6.45) is 5.14. The van der Waals surface area contributed by atoms with Gasteiger partial charge in [0.25, 0.3) is 6.47 Å². The summed E-state index contributed by atoms with van der Waals surface area (Å²) in [7, 11) is 1.60. The van der Waals surface area contributed by atoms with Gasteiger partial charge in [-0.2, -0.15) is 4.98 Å². The van der Waals surface area contributed by atoms with Crippen molar-refractivity contribution < 1.29 is 19.7 Å². The third-order valence-electron chi connectivity index (χ3n) is 4.23. The minimum absolute atomic E-state index is 0.199. The van der Waals surface area contributed by atoms with Crippen molar-refractivity contribution in [2.24, 2.45) is 0 Å². The molecule has 0 spiro atoms. The second-order valence-electron chi connectivity index (χ2n) is 5.64. The number of nitrogens with zero attached hydrogens (tertiary/aromatic N) is 4. The fourth-order valence-electron chi connectivity index (χ4n) is 3.14. The molecule has 2 fully saturated rings. The van der Waals surface area contributed by atoms with E-state index in [1.807, 2.05) is 4.90 Å². The third-order valence-corrected chi connectivity index (χ3v) is 4.23. The molecule has 2 atom stereocenters. The molecular weight excluding hydrogens is 300 g/mol. The standard InChI is InChI=1S/C14H22N4O2.CH2O2/c1-20-13-5-6-15-14(16-13)18-9-11(12(19)10-18)17-7-3-2-4-8-17;2-1-3/h5-6,11-12,19H,2-4,7-10H2,1H3;1H,(H,2,3)/t11-,12-;/m0./s1. The Kier molecular flexibility index (Phi) is 6.54. The van der Waals surface area contributed by atoms with E-state index in [0.717, 1.165) is 19.6 Å². The fourth-order valence-corrected chi connectivity index (χ4v) is 3.14. The van der Waals surface area contributed by atoms with Crippen molar-refractivity contribution in [1.29, 1.82) is 0 Å². The van der Waals surface area contributed by atoms with Crippen LogP contribution < -0.4 is 9.64 Å². The Morgan fingerprint density at radius 2 is 2.00 bits per heavy atom. The molecule has 0 bridgehead atoms. The molecule has 2 N–H and O–H groups in total. The van der Waals surface area contributed by atoms with Gasteiger partial charge in [-0.3, -0.25) is 9.69 Å². The zero-order chi connectivity index (χ0) is 16.7. The van der Waals surface area contributed by atoms with Crippen LogP contribution in [0, 0.1) is 0 Å². The predicted molar refractivity (Wildman–Crippen MR) is 84.7 cm³/mol.